The lowest BCUT2D eigenvalue weighted by atomic mass is 10.3. The Kier molecular flexibility index (Phi) is 7.63. The first-order valence-corrected chi connectivity index (χ1v) is 8.69. The van der Waals surface area contributed by atoms with Crippen LogP contribution in [0.3, 0.4) is 0 Å². The van der Waals surface area contributed by atoms with Crippen LogP contribution in [0.5, 0.6) is 11.5 Å². The molecule has 28 heavy (non-hydrogen) atoms. The van der Waals surface area contributed by atoms with Crippen molar-refractivity contribution in [1.29, 1.82) is 0 Å². The third kappa shape index (κ3) is 6.37. The molecule has 5 nitrogen and oxygen atoms in total. The van der Waals surface area contributed by atoms with Gasteiger partial charge in [-0.25, -0.2) is 9.98 Å². The van der Waals surface area contributed by atoms with Gasteiger partial charge in [-0.15, -0.1) is 35.3 Å². The summed E-state index contributed by atoms with van der Waals surface area (Å²) in [6.45, 7) is -0.0419. The van der Waals surface area contributed by atoms with E-state index < -0.39 is 11.9 Å². The maximum absolute atomic E-state index is 12.5. The highest BCUT2D eigenvalue weighted by Gasteiger charge is 2.33. The number of nitrogens with zero attached hydrogens (tertiary/aromatic N) is 2. The van der Waals surface area contributed by atoms with Crippen molar-refractivity contribution in [3.8, 4) is 11.5 Å². The summed E-state index contributed by atoms with van der Waals surface area (Å²) < 4.78 is 43.4. The van der Waals surface area contributed by atoms with E-state index >= 15 is 0 Å². The number of aromatic nitrogens is 1. The molecular formula is C18H16F3IN4OS. The highest BCUT2D eigenvalue weighted by Crippen LogP contribution is 2.30. The fraction of sp³-hybridized carbons (Fsp3) is 0.111. The smallest absolute Gasteiger partial charge is 0.434 e. The van der Waals surface area contributed by atoms with Crippen LogP contribution in [0.1, 0.15) is 10.7 Å². The van der Waals surface area contributed by atoms with Crippen LogP contribution in [0.2, 0.25) is 0 Å². The molecule has 1 heterocycles. The van der Waals surface area contributed by atoms with Crippen molar-refractivity contribution in [2.45, 2.75) is 12.7 Å². The van der Waals surface area contributed by atoms with Gasteiger partial charge < -0.3 is 15.8 Å². The first kappa shape index (κ1) is 22.0. The first-order valence-electron chi connectivity index (χ1n) is 7.82. The Bertz CT molecular complexity index is 932. The Hall–Kier alpha value is -2.34. The van der Waals surface area contributed by atoms with Crippen molar-refractivity contribution in [2.75, 3.05) is 5.32 Å². The van der Waals surface area contributed by atoms with Gasteiger partial charge in [-0.05, 0) is 24.3 Å². The van der Waals surface area contributed by atoms with E-state index in [0.29, 0.717) is 17.2 Å². The number of hydrogen-bond donors (Lipinski definition) is 2. The Morgan fingerprint density at radius 3 is 2.50 bits per heavy atom. The zero-order chi connectivity index (χ0) is 19.3. The summed E-state index contributed by atoms with van der Waals surface area (Å²) in [5.41, 5.74) is 5.52. The molecule has 0 aliphatic heterocycles. The number of ether oxygens (including phenoxy) is 1. The number of guanidine groups is 1. The van der Waals surface area contributed by atoms with E-state index in [0.717, 1.165) is 16.7 Å². The van der Waals surface area contributed by atoms with Gasteiger partial charge in [-0.3, -0.25) is 0 Å². The molecule has 0 unspecified atom stereocenters. The zero-order valence-corrected chi connectivity index (χ0v) is 17.5. The number of benzene rings is 2. The van der Waals surface area contributed by atoms with E-state index in [9.17, 15) is 13.2 Å². The van der Waals surface area contributed by atoms with Gasteiger partial charge in [0.25, 0.3) is 0 Å². The topological polar surface area (TPSA) is 72.5 Å². The second-order valence-electron chi connectivity index (χ2n) is 5.39. The molecule has 1 aromatic heterocycles. The number of hydrogen-bond acceptors (Lipinski definition) is 4. The molecule has 3 aromatic rings. The van der Waals surface area contributed by atoms with E-state index in [2.05, 4.69) is 15.3 Å². The van der Waals surface area contributed by atoms with Crippen LogP contribution in [0, 0.1) is 0 Å². The normalized spacial score (nSPS) is 11.6. The van der Waals surface area contributed by atoms with E-state index in [-0.39, 0.29) is 41.5 Å². The van der Waals surface area contributed by atoms with Crippen LogP contribution in [0.15, 0.2) is 65.0 Å². The number of para-hydroxylation sites is 1. The molecule has 0 aliphatic rings. The van der Waals surface area contributed by atoms with Crippen LogP contribution in [0.25, 0.3) is 0 Å². The fourth-order valence-electron chi connectivity index (χ4n) is 2.12. The van der Waals surface area contributed by atoms with Crippen molar-refractivity contribution >= 4 is 47.0 Å². The third-order valence-corrected chi connectivity index (χ3v) is 4.15. The molecular weight excluding hydrogens is 504 g/mol. The van der Waals surface area contributed by atoms with E-state index in [4.69, 9.17) is 10.5 Å². The molecule has 0 aliphatic carbocycles. The summed E-state index contributed by atoms with van der Waals surface area (Å²) in [4.78, 5) is 7.53. The molecule has 0 saturated heterocycles. The SMILES string of the molecule is I.NC(=NCc1nc(C(F)(F)F)cs1)Nc1cccc(Oc2ccccc2)c1. The summed E-state index contributed by atoms with van der Waals surface area (Å²) in [6, 6.07) is 16.4. The maximum atomic E-state index is 12.5. The molecule has 0 radical (unpaired) electrons. The standard InChI is InChI=1S/C18H15F3N4OS.HI/c19-18(20,21)15-11-27-16(25-15)10-23-17(22)24-12-5-4-8-14(9-12)26-13-6-2-1-3-7-13;/h1-9,11H,10H2,(H3,22,23,24);1H. The van der Waals surface area contributed by atoms with Gasteiger partial charge in [0, 0.05) is 17.1 Å². The Morgan fingerprint density at radius 1 is 1.11 bits per heavy atom. The van der Waals surface area contributed by atoms with E-state index in [1.54, 1.807) is 24.3 Å². The average Bonchev–Trinajstić information content (AvgIpc) is 3.11. The lowest BCUT2D eigenvalue weighted by Crippen LogP contribution is -2.22. The van der Waals surface area contributed by atoms with Crippen LogP contribution in [-0.4, -0.2) is 10.9 Å². The van der Waals surface area contributed by atoms with Gasteiger partial charge in [0.05, 0.1) is 6.54 Å². The Balaban J connectivity index is 0.00000280. The number of thiazole rings is 1. The number of halogens is 4. The van der Waals surface area contributed by atoms with Gasteiger partial charge in [0.2, 0.25) is 0 Å². The highest BCUT2D eigenvalue weighted by atomic mass is 127. The van der Waals surface area contributed by atoms with Gasteiger partial charge in [0.15, 0.2) is 11.7 Å². The van der Waals surface area contributed by atoms with Crippen molar-refractivity contribution in [2.24, 2.45) is 10.7 Å². The second-order valence-corrected chi connectivity index (χ2v) is 6.34. The van der Waals surface area contributed by atoms with Crippen molar-refractivity contribution < 1.29 is 17.9 Å². The Labute approximate surface area is 180 Å². The largest absolute Gasteiger partial charge is 0.457 e. The van der Waals surface area contributed by atoms with Crippen molar-refractivity contribution in [1.82, 2.24) is 4.98 Å². The fourth-order valence-corrected chi connectivity index (χ4v) is 2.84. The molecule has 148 valence electrons. The van der Waals surface area contributed by atoms with Gasteiger partial charge >= 0.3 is 6.18 Å². The molecule has 0 bridgehead atoms. The minimum Gasteiger partial charge on any atom is -0.457 e. The lowest BCUT2D eigenvalue weighted by Gasteiger charge is -2.09. The number of aliphatic imine (C=N–C) groups is 1. The van der Waals surface area contributed by atoms with Crippen molar-refractivity contribution in [3.63, 3.8) is 0 Å². The van der Waals surface area contributed by atoms with Gasteiger partial charge in [0.1, 0.15) is 16.5 Å². The molecule has 0 amide bonds. The van der Waals surface area contributed by atoms with E-state index in [1.165, 1.54) is 0 Å². The van der Waals surface area contributed by atoms with Crippen LogP contribution < -0.4 is 15.8 Å². The molecule has 0 saturated carbocycles. The first-order chi connectivity index (χ1) is 12.9. The van der Waals surface area contributed by atoms with Crippen LogP contribution in [-0.2, 0) is 12.7 Å². The molecule has 0 fully saturated rings. The van der Waals surface area contributed by atoms with Crippen molar-refractivity contribution in [3.05, 3.63) is 70.7 Å². The summed E-state index contributed by atoms with van der Waals surface area (Å²) in [5, 5.41) is 4.06. The number of alkyl halides is 3. The molecule has 2 aromatic carbocycles. The molecule has 3 rings (SSSR count). The second kappa shape index (κ2) is 9.73. The molecule has 0 atom stereocenters. The predicted octanol–water partition coefficient (Wildman–Crippen LogP) is 5.50. The third-order valence-electron chi connectivity index (χ3n) is 3.31. The van der Waals surface area contributed by atoms with Gasteiger partial charge in [-0.1, -0.05) is 24.3 Å². The zero-order valence-electron chi connectivity index (χ0n) is 14.3. The quantitative estimate of drug-likeness (QED) is 0.265. The molecule has 0 spiro atoms. The highest BCUT2D eigenvalue weighted by molar-refractivity contribution is 14.0. The molecule has 3 N–H and O–H groups in total. The van der Waals surface area contributed by atoms with Crippen LogP contribution >= 0.6 is 35.3 Å². The Morgan fingerprint density at radius 2 is 1.82 bits per heavy atom. The minimum absolute atomic E-state index is 0. The summed E-state index contributed by atoms with van der Waals surface area (Å²) in [7, 11) is 0. The lowest BCUT2D eigenvalue weighted by molar-refractivity contribution is -0.140. The predicted molar refractivity (Wildman–Crippen MR) is 114 cm³/mol. The van der Waals surface area contributed by atoms with Crippen LogP contribution in [0.4, 0.5) is 18.9 Å². The summed E-state index contributed by atoms with van der Waals surface area (Å²) >= 11 is 0.887. The van der Waals surface area contributed by atoms with Gasteiger partial charge in [-0.2, -0.15) is 13.2 Å². The maximum Gasteiger partial charge on any atom is 0.434 e. The average molecular weight is 520 g/mol. The number of anilines is 1. The number of nitrogens with two attached hydrogens (primary N) is 1. The summed E-state index contributed by atoms with van der Waals surface area (Å²) in [6.07, 6.45) is -4.46. The summed E-state index contributed by atoms with van der Waals surface area (Å²) in [5.74, 6) is 1.37. The number of nitrogens with one attached hydrogen (secondary N) is 1. The molecule has 10 heteroatoms. The van der Waals surface area contributed by atoms with E-state index in [1.807, 2.05) is 30.3 Å². The number of rotatable bonds is 5. The monoisotopic (exact) mass is 520 g/mol. The minimum atomic E-state index is -4.46.